The van der Waals surface area contributed by atoms with E-state index in [1.54, 1.807) is 12.1 Å². The van der Waals surface area contributed by atoms with E-state index in [0.717, 1.165) is 12.0 Å². The molecule has 2 rings (SSSR count). The molecule has 0 spiro atoms. The van der Waals surface area contributed by atoms with Crippen molar-refractivity contribution in [2.75, 3.05) is 5.73 Å². The van der Waals surface area contributed by atoms with Gasteiger partial charge in [0.05, 0.1) is 5.56 Å². The number of carbonyl (C=O) groups is 2. The zero-order valence-electron chi connectivity index (χ0n) is 11.9. The van der Waals surface area contributed by atoms with Gasteiger partial charge in [-0.2, -0.15) is 0 Å². The molecule has 0 aliphatic heterocycles. The number of rotatable bonds is 4. The van der Waals surface area contributed by atoms with Crippen LogP contribution in [0.2, 0.25) is 0 Å². The van der Waals surface area contributed by atoms with E-state index in [4.69, 9.17) is 5.73 Å². The fraction of sp³-hybridized carbons (Fsp3) is 0.176. The van der Waals surface area contributed by atoms with E-state index >= 15 is 0 Å². The van der Waals surface area contributed by atoms with Gasteiger partial charge in [-0.3, -0.25) is 9.59 Å². The maximum Gasteiger partial charge on any atom is 0.196 e. The predicted octanol–water partition coefficient (Wildman–Crippen LogP) is 3.32. The highest BCUT2D eigenvalue weighted by molar-refractivity contribution is 6.10. The van der Waals surface area contributed by atoms with Crippen molar-refractivity contribution < 1.29 is 14.0 Å². The molecule has 0 aromatic heterocycles. The lowest BCUT2D eigenvalue weighted by atomic mass is 9.96. The highest BCUT2D eigenvalue weighted by atomic mass is 19.1. The van der Waals surface area contributed by atoms with E-state index in [9.17, 15) is 14.0 Å². The van der Waals surface area contributed by atoms with E-state index in [1.165, 1.54) is 13.0 Å². The molecule has 3 nitrogen and oxygen atoms in total. The lowest BCUT2D eigenvalue weighted by Crippen LogP contribution is -2.09. The highest BCUT2D eigenvalue weighted by Gasteiger charge is 2.19. The molecule has 0 saturated carbocycles. The lowest BCUT2D eigenvalue weighted by molar-refractivity contribution is 0.103. The molecule has 0 unspecified atom stereocenters. The van der Waals surface area contributed by atoms with Crippen LogP contribution in [-0.2, 0) is 6.42 Å². The Kier molecular flexibility index (Phi) is 4.17. The number of hydrogen-bond donors (Lipinski definition) is 1. The van der Waals surface area contributed by atoms with Crippen LogP contribution in [0.1, 0.15) is 44.3 Å². The monoisotopic (exact) mass is 285 g/mol. The van der Waals surface area contributed by atoms with Crippen LogP contribution >= 0.6 is 0 Å². The van der Waals surface area contributed by atoms with Crippen molar-refractivity contribution in [3.63, 3.8) is 0 Å². The van der Waals surface area contributed by atoms with Gasteiger partial charge in [-0.25, -0.2) is 4.39 Å². The van der Waals surface area contributed by atoms with Crippen LogP contribution in [0.5, 0.6) is 0 Å². The fourth-order valence-corrected chi connectivity index (χ4v) is 2.14. The minimum Gasteiger partial charge on any atom is -0.398 e. The Morgan fingerprint density at radius 3 is 2.43 bits per heavy atom. The number of nitrogens with two attached hydrogens (primary N) is 1. The summed E-state index contributed by atoms with van der Waals surface area (Å²) in [5, 5.41) is 0. The van der Waals surface area contributed by atoms with Gasteiger partial charge in [-0.15, -0.1) is 0 Å². The number of ketones is 1. The van der Waals surface area contributed by atoms with Crippen LogP contribution in [0.15, 0.2) is 30.3 Å². The average molecular weight is 285 g/mol. The largest absolute Gasteiger partial charge is 0.398 e. The maximum atomic E-state index is 14.2. The highest BCUT2D eigenvalue weighted by Crippen LogP contribution is 2.25. The minimum absolute atomic E-state index is 0.0698. The number of aldehydes is 1. The van der Waals surface area contributed by atoms with E-state index in [0.29, 0.717) is 11.8 Å². The Hall–Kier alpha value is -2.49. The summed E-state index contributed by atoms with van der Waals surface area (Å²) >= 11 is 0. The number of anilines is 1. The first kappa shape index (κ1) is 14.9. The first-order valence-electron chi connectivity index (χ1n) is 6.67. The molecule has 0 heterocycles. The molecule has 0 amide bonds. The molecule has 0 saturated heterocycles. The minimum atomic E-state index is -0.678. The normalized spacial score (nSPS) is 10.4. The molecule has 108 valence electrons. The van der Waals surface area contributed by atoms with Crippen molar-refractivity contribution in [3.8, 4) is 0 Å². The van der Waals surface area contributed by atoms with E-state index in [1.807, 2.05) is 19.1 Å². The first-order valence-corrected chi connectivity index (χ1v) is 6.67. The molecule has 0 atom stereocenters. The van der Waals surface area contributed by atoms with Gasteiger partial charge in [0.15, 0.2) is 12.1 Å². The molecule has 2 N–H and O–H groups in total. The fourth-order valence-electron chi connectivity index (χ4n) is 2.14. The zero-order chi connectivity index (χ0) is 15.6. The van der Waals surface area contributed by atoms with Crippen molar-refractivity contribution >= 4 is 17.8 Å². The molecule has 2 aromatic rings. The molecule has 21 heavy (non-hydrogen) atoms. The molecule has 4 heteroatoms. The van der Waals surface area contributed by atoms with Crippen molar-refractivity contribution in [2.24, 2.45) is 0 Å². The summed E-state index contributed by atoms with van der Waals surface area (Å²) < 4.78 is 14.2. The third-order valence-corrected chi connectivity index (χ3v) is 3.58. The Labute approximate surface area is 122 Å². The Morgan fingerprint density at radius 2 is 1.90 bits per heavy atom. The Balaban J connectivity index is 2.52. The van der Waals surface area contributed by atoms with E-state index in [-0.39, 0.29) is 22.4 Å². The second-order valence-corrected chi connectivity index (χ2v) is 4.86. The summed E-state index contributed by atoms with van der Waals surface area (Å²) in [4.78, 5) is 23.4. The Morgan fingerprint density at radius 1 is 1.29 bits per heavy atom. The molecular formula is C17H16FNO2. The van der Waals surface area contributed by atoms with Gasteiger partial charge in [0.2, 0.25) is 0 Å². The molecule has 0 bridgehead atoms. The van der Waals surface area contributed by atoms with Crippen LogP contribution in [0.4, 0.5) is 10.1 Å². The number of nitrogen functional groups attached to an aromatic ring is 1. The van der Waals surface area contributed by atoms with E-state index in [2.05, 4.69) is 0 Å². The molecule has 0 radical (unpaired) electrons. The second kappa shape index (κ2) is 5.87. The van der Waals surface area contributed by atoms with Gasteiger partial charge in [0, 0.05) is 22.4 Å². The smallest absolute Gasteiger partial charge is 0.196 e. The molecule has 0 aliphatic carbocycles. The van der Waals surface area contributed by atoms with Gasteiger partial charge in [-0.05, 0) is 25.0 Å². The van der Waals surface area contributed by atoms with Crippen LogP contribution in [0, 0.1) is 12.7 Å². The van der Waals surface area contributed by atoms with Gasteiger partial charge in [0.25, 0.3) is 0 Å². The molecule has 2 aromatic carbocycles. The SMILES string of the molecule is CCc1ccc(C(=O)c2cc(C=O)c(N)c(C)c2F)cc1. The van der Waals surface area contributed by atoms with Crippen molar-refractivity contribution in [1.29, 1.82) is 0 Å². The van der Waals surface area contributed by atoms with Gasteiger partial charge in [0.1, 0.15) is 5.82 Å². The lowest BCUT2D eigenvalue weighted by Gasteiger charge is -2.10. The second-order valence-electron chi connectivity index (χ2n) is 4.86. The number of hydrogen-bond acceptors (Lipinski definition) is 3. The topological polar surface area (TPSA) is 60.2 Å². The number of aryl methyl sites for hydroxylation is 1. The average Bonchev–Trinajstić information content (AvgIpc) is 2.52. The van der Waals surface area contributed by atoms with Crippen molar-refractivity contribution in [3.05, 3.63) is 64.0 Å². The van der Waals surface area contributed by atoms with Gasteiger partial charge >= 0.3 is 0 Å². The molecule has 0 aliphatic rings. The third kappa shape index (κ3) is 2.70. The van der Waals surface area contributed by atoms with Crippen molar-refractivity contribution in [1.82, 2.24) is 0 Å². The zero-order valence-corrected chi connectivity index (χ0v) is 11.9. The quantitative estimate of drug-likeness (QED) is 0.532. The molecule has 0 fully saturated rings. The maximum absolute atomic E-state index is 14.2. The summed E-state index contributed by atoms with van der Waals surface area (Å²) in [5.41, 5.74) is 7.31. The predicted molar refractivity (Wildman–Crippen MR) is 80.2 cm³/mol. The molecular weight excluding hydrogens is 269 g/mol. The van der Waals surface area contributed by atoms with Crippen LogP contribution < -0.4 is 5.73 Å². The summed E-state index contributed by atoms with van der Waals surface area (Å²) in [7, 11) is 0. The number of benzene rings is 2. The van der Waals surface area contributed by atoms with Crippen molar-refractivity contribution in [2.45, 2.75) is 20.3 Å². The van der Waals surface area contributed by atoms with Gasteiger partial charge in [-0.1, -0.05) is 31.2 Å². The Bertz CT molecular complexity index is 706. The van der Waals surface area contributed by atoms with E-state index < -0.39 is 11.6 Å². The summed E-state index contributed by atoms with van der Waals surface area (Å²) in [5.74, 6) is -1.14. The summed E-state index contributed by atoms with van der Waals surface area (Å²) in [6.45, 7) is 3.46. The standard InChI is InChI=1S/C17H16FNO2/c1-3-11-4-6-12(7-5-11)17(21)14-8-13(9-20)16(19)10(2)15(14)18/h4-9H,3,19H2,1-2H3. The third-order valence-electron chi connectivity index (χ3n) is 3.58. The first-order chi connectivity index (χ1) is 9.99. The summed E-state index contributed by atoms with van der Waals surface area (Å²) in [6, 6.07) is 8.19. The number of carbonyl (C=O) groups excluding carboxylic acids is 2. The van der Waals surface area contributed by atoms with Crippen LogP contribution in [0.25, 0.3) is 0 Å². The van der Waals surface area contributed by atoms with Gasteiger partial charge < -0.3 is 5.73 Å². The van der Waals surface area contributed by atoms with Crippen LogP contribution in [0.3, 0.4) is 0 Å². The summed E-state index contributed by atoms with van der Waals surface area (Å²) in [6.07, 6.45) is 1.39. The number of halogens is 1. The van der Waals surface area contributed by atoms with Crippen LogP contribution in [-0.4, -0.2) is 12.1 Å².